The van der Waals surface area contributed by atoms with Crippen molar-refractivity contribution in [3.63, 3.8) is 0 Å². The van der Waals surface area contributed by atoms with Crippen LogP contribution in [0, 0.1) is 5.82 Å². The van der Waals surface area contributed by atoms with Gasteiger partial charge < -0.3 is 0 Å². The van der Waals surface area contributed by atoms with E-state index in [1.54, 1.807) is 12.1 Å². The van der Waals surface area contributed by atoms with E-state index in [0.29, 0.717) is 12.1 Å². The number of hydrogen-bond donors (Lipinski definition) is 2. The molecule has 0 spiro atoms. The molecule has 16 heavy (non-hydrogen) atoms. The van der Waals surface area contributed by atoms with Gasteiger partial charge in [-0.3, -0.25) is 5.43 Å². The Morgan fingerprint density at radius 3 is 2.81 bits per heavy atom. The average molecular weight is 244 g/mol. The van der Waals surface area contributed by atoms with Crippen molar-refractivity contribution in [2.24, 2.45) is 0 Å². The van der Waals surface area contributed by atoms with Crippen LogP contribution in [0.2, 0.25) is 0 Å². The first-order valence-corrected chi connectivity index (χ1v) is 6.86. The minimum absolute atomic E-state index is 0.259. The van der Waals surface area contributed by atoms with Gasteiger partial charge in [0.15, 0.2) is 9.84 Å². The number of sulfone groups is 1. The number of rotatable bonds is 2. The third-order valence-corrected chi connectivity index (χ3v) is 4.04. The van der Waals surface area contributed by atoms with Crippen LogP contribution in [-0.4, -0.2) is 26.6 Å². The molecule has 0 amide bonds. The second kappa shape index (κ2) is 4.12. The first-order chi connectivity index (χ1) is 7.48. The summed E-state index contributed by atoms with van der Waals surface area (Å²) in [6, 6.07) is 6.04. The monoisotopic (exact) mass is 244 g/mol. The lowest BCUT2D eigenvalue weighted by atomic mass is 10.0. The molecular formula is C10H13FN2O2S. The van der Waals surface area contributed by atoms with Gasteiger partial charge in [0.25, 0.3) is 0 Å². The molecule has 2 unspecified atom stereocenters. The van der Waals surface area contributed by atoms with Crippen LogP contribution in [0.15, 0.2) is 24.3 Å². The summed E-state index contributed by atoms with van der Waals surface area (Å²) in [5.41, 5.74) is 6.19. The van der Waals surface area contributed by atoms with Crippen molar-refractivity contribution in [1.29, 1.82) is 0 Å². The molecule has 1 heterocycles. The number of benzene rings is 1. The van der Waals surface area contributed by atoms with Crippen molar-refractivity contribution >= 4 is 9.84 Å². The maximum atomic E-state index is 13.1. The molecule has 1 saturated heterocycles. The summed E-state index contributed by atoms with van der Waals surface area (Å²) in [5, 5.41) is -0.700. The summed E-state index contributed by atoms with van der Waals surface area (Å²) < 4.78 is 36.1. The van der Waals surface area contributed by atoms with Crippen molar-refractivity contribution in [2.75, 3.05) is 12.8 Å². The molecule has 2 N–H and O–H groups in total. The molecule has 1 aliphatic heterocycles. The van der Waals surface area contributed by atoms with Gasteiger partial charge in [-0.1, -0.05) is 12.1 Å². The van der Waals surface area contributed by atoms with Crippen molar-refractivity contribution in [2.45, 2.75) is 11.3 Å². The summed E-state index contributed by atoms with van der Waals surface area (Å²) in [6.45, 7) is 0.473. The highest BCUT2D eigenvalue weighted by atomic mass is 32.2. The molecule has 0 aliphatic carbocycles. The van der Waals surface area contributed by atoms with E-state index >= 15 is 0 Å². The van der Waals surface area contributed by atoms with E-state index in [-0.39, 0.29) is 11.7 Å². The molecule has 1 fully saturated rings. The Kier molecular flexibility index (Phi) is 2.96. The van der Waals surface area contributed by atoms with Crippen LogP contribution < -0.4 is 10.9 Å². The largest absolute Gasteiger partial charge is 0.256 e. The average Bonchev–Trinajstić information content (AvgIpc) is 2.65. The molecule has 88 valence electrons. The molecule has 1 aliphatic rings. The lowest BCUT2D eigenvalue weighted by Crippen LogP contribution is -2.37. The molecule has 1 aromatic carbocycles. The van der Waals surface area contributed by atoms with Crippen LogP contribution in [0.5, 0.6) is 0 Å². The van der Waals surface area contributed by atoms with E-state index in [4.69, 9.17) is 0 Å². The minimum atomic E-state index is -3.21. The van der Waals surface area contributed by atoms with Crippen LogP contribution >= 0.6 is 0 Å². The summed E-state index contributed by atoms with van der Waals surface area (Å²) in [7, 11) is -3.21. The van der Waals surface area contributed by atoms with E-state index in [2.05, 4.69) is 10.9 Å². The highest BCUT2D eigenvalue weighted by molar-refractivity contribution is 7.91. The SMILES string of the molecule is CS(=O)(=O)C1NNCC1c1cccc(F)c1. The third kappa shape index (κ3) is 2.23. The molecule has 4 nitrogen and oxygen atoms in total. The number of hydrogen-bond acceptors (Lipinski definition) is 4. The van der Waals surface area contributed by atoms with Crippen LogP contribution in [0.25, 0.3) is 0 Å². The van der Waals surface area contributed by atoms with E-state index in [9.17, 15) is 12.8 Å². The van der Waals surface area contributed by atoms with Crippen molar-refractivity contribution in [1.82, 2.24) is 10.9 Å². The molecule has 1 aromatic rings. The normalized spacial score (nSPS) is 25.9. The molecule has 0 saturated carbocycles. The fourth-order valence-electron chi connectivity index (χ4n) is 1.91. The smallest absolute Gasteiger partial charge is 0.165 e. The Morgan fingerprint density at radius 2 is 2.19 bits per heavy atom. The predicted molar refractivity (Wildman–Crippen MR) is 58.9 cm³/mol. The topological polar surface area (TPSA) is 58.2 Å². The van der Waals surface area contributed by atoms with E-state index < -0.39 is 15.2 Å². The van der Waals surface area contributed by atoms with Gasteiger partial charge in [0.05, 0.1) is 0 Å². The number of nitrogens with one attached hydrogen (secondary N) is 2. The van der Waals surface area contributed by atoms with E-state index in [1.165, 1.54) is 18.4 Å². The van der Waals surface area contributed by atoms with Gasteiger partial charge in [0.2, 0.25) is 0 Å². The van der Waals surface area contributed by atoms with Gasteiger partial charge in [-0.2, -0.15) is 0 Å². The first kappa shape index (κ1) is 11.5. The van der Waals surface area contributed by atoms with Crippen LogP contribution in [0.3, 0.4) is 0 Å². The molecule has 0 aromatic heterocycles. The maximum absolute atomic E-state index is 13.1. The first-order valence-electron chi connectivity index (χ1n) is 4.91. The summed E-state index contributed by atoms with van der Waals surface area (Å²) in [4.78, 5) is 0. The van der Waals surface area contributed by atoms with Crippen LogP contribution in [-0.2, 0) is 9.84 Å². The van der Waals surface area contributed by atoms with Crippen LogP contribution in [0.4, 0.5) is 4.39 Å². The molecule has 2 rings (SSSR count). The predicted octanol–water partition coefficient (Wildman–Crippen LogP) is 0.388. The van der Waals surface area contributed by atoms with E-state index in [0.717, 1.165) is 0 Å². The maximum Gasteiger partial charge on any atom is 0.165 e. The second-order valence-electron chi connectivity index (χ2n) is 3.94. The summed E-state index contributed by atoms with van der Waals surface area (Å²) in [5.74, 6) is -0.609. The fourth-order valence-corrected chi connectivity index (χ4v) is 3.06. The number of halogens is 1. The quantitative estimate of drug-likeness (QED) is 0.790. The van der Waals surface area contributed by atoms with Crippen molar-refractivity contribution in [3.8, 4) is 0 Å². The number of hydrazine groups is 1. The highest BCUT2D eigenvalue weighted by Crippen LogP contribution is 2.25. The van der Waals surface area contributed by atoms with Crippen LogP contribution in [0.1, 0.15) is 11.5 Å². The Balaban J connectivity index is 2.34. The molecule has 2 atom stereocenters. The van der Waals surface area contributed by atoms with Crippen molar-refractivity contribution < 1.29 is 12.8 Å². The highest BCUT2D eigenvalue weighted by Gasteiger charge is 2.35. The Morgan fingerprint density at radius 1 is 1.44 bits per heavy atom. The van der Waals surface area contributed by atoms with Gasteiger partial charge >= 0.3 is 0 Å². The Bertz CT molecular complexity index is 489. The Labute approximate surface area is 93.7 Å². The van der Waals surface area contributed by atoms with Gasteiger partial charge in [-0.05, 0) is 17.7 Å². The zero-order valence-corrected chi connectivity index (χ0v) is 9.59. The zero-order chi connectivity index (χ0) is 11.8. The summed E-state index contributed by atoms with van der Waals surface area (Å²) in [6.07, 6.45) is 1.17. The molecular weight excluding hydrogens is 231 g/mol. The van der Waals surface area contributed by atoms with Gasteiger partial charge in [-0.25, -0.2) is 18.2 Å². The zero-order valence-electron chi connectivity index (χ0n) is 8.77. The Hall–Kier alpha value is -0.980. The lowest BCUT2D eigenvalue weighted by Gasteiger charge is -2.16. The van der Waals surface area contributed by atoms with Gasteiger partial charge in [0.1, 0.15) is 11.2 Å². The lowest BCUT2D eigenvalue weighted by molar-refractivity contribution is 0.557. The fraction of sp³-hybridized carbons (Fsp3) is 0.400. The van der Waals surface area contributed by atoms with E-state index in [1.807, 2.05) is 0 Å². The minimum Gasteiger partial charge on any atom is -0.256 e. The van der Waals surface area contributed by atoms with Gasteiger partial charge in [0, 0.05) is 18.7 Å². The molecule has 0 radical (unpaired) electrons. The van der Waals surface area contributed by atoms with Gasteiger partial charge in [-0.15, -0.1) is 0 Å². The standard InChI is InChI=1S/C10H13FN2O2S/c1-16(14,15)10-9(6-12-13-10)7-3-2-4-8(11)5-7/h2-5,9-10,12-13H,6H2,1H3. The third-order valence-electron chi connectivity index (χ3n) is 2.67. The molecule has 6 heteroatoms. The second-order valence-corrected chi connectivity index (χ2v) is 6.10. The van der Waals surface area contributed by atoms with Crippen molar-refractivity contribution in [3.05, 3.63) is 35.6 Å². The molecule has 0 bridgehead atoms. The summed E-state index contributed by atoms with van der Waals surface area (Å²) >= 11 is 0.